The Hall–Kier alpha value is -2.65. The van der Waals surface area contributed by atoms with Gasteiger partial charge in [-0.25, -0.2) is 8.42 Å². The number of thiophene rings is 1. The summed E-state index contributed by atoms with van der Waals surface area (Å²) in [6, 6.07) is 15.2. The van der Waals surface area contributed by atoms with Crippen LogP contribution in [0, 0.1) is 0 Å². The van der Waals surface area contributed by atoms with Gasteiger partial charge in [-0.05, 0) is 65.9 Å². The highest BCUT2D eigenvalue weighted by atomic mass is 35.5. The van der Waals surface area contributed by atoms with Crippen molar-refractivity contribution < 1.29 is 13.2 Å². The van der Waals surface area contributed by atoms with Gasteiger partial charge in [-0.1, -0.05) is 36.2 Å². The second-order valence-corrected chi connectivity index (χ2v) is 12.4. The molecule has 4 aromatic rings. The molecule has 35 heavy (non-hydrogen) atoms. The molecular weight excluding hydrogens is 527 g/mol. The van der Waals surface area contributed by atoms with Crippen molar-refractivity contribution in [1.29, 1.82) is 0 Å². The van der Waals surface area contributed by atoms with Gasteiger partial charge in [0.2, 0.25) is 0 Å². The standard InChI is InChI=1S/C25H22Cl2N2O4S2/c1-2-10-28-18-4-5-20-17(14-18)9-11-29(25(20)31)22-6-3-16(13-21(22)26)12-19(30)15-35(32,33)24-8-7-23(27)34-24/h3-9,11,13-14,28H,2,10,12,15H2,1H3. The highest BCUT2D eigenvalue weighted by molar-refractivity contribution is 7.94. The van der Waals surface area contributed by atoms with Gasteiger partial charge in [0, 0.05) is 30.2 Å². The van der Waals surface area contributed by atoms with Crippen LogP contribution in [-0.4, -0.2) is 31.1 Å². The second kappa shape index (κ2) is 10.5. The van der Waals surface area contributed by atoms with Crippen molar-refractivity contribution in [3.63, 3.8) is 0 Å². The van der Waals surface area contributed by atoms with Crippen LogP contribution in [0.4, 0.5) is 5.69 Å². The lowest BCUT2D eigenvalue weighted by Crippen LogP contribution is -2.19. The van der Waals surface area contributed by atoms with Crippen molar-refractivity contribution in [2.24, 2.45) is 0 Å². The van der Waals surface area contributed by atoms with E-state index in [0.717, 1.165) is 35.4 Å². The fourth-order valence-electron chi connectivity index (χ4n) is 3.70. The Morgan fingerprint density at radius 3 is 2.54 bits per heavy atom. The lowest BCUT2D eigenvalue weighted by molar-refractivity contribution is -0.116. The molecule has 6 nitrogen and oxygen atoms in total. The molecule has 0 aliphatic heterocycles. The quantitative estimate of drug-likeness (QED) is 0.287. The Bertz CT molecular complexity index is 1580. The van der Waals surface area contributed by atoms with Crippen LogP contribution in [0.5, 0.6) is 0 Å². The summed E-state index contributed by atoms with van der Waals surface area (Å²) in [6.07, 6.45) is 2.57. The number of Topliss-reactive ketones (excluding diaryl/α,β-unsaturated/α-hetero) is 1. The number of rotatable bonds is 9. The third-order valence-corrected chi connectivity index (χ3v) is 9.15. The van der Waals surface area contributed by atoms with E-state index in [4.69, 9.17) is 23.2 Å². The van der Waals surface area contributed by atoms with Crippen LogP contribution in [0.3, 0.4) is 0 Å². The number of carbonyl (C=O) groups is 1. The molecule has 1 N–H and O–H groups in total. The number of aromatic nitrogens is 1. The average Bonchev–Trinajstić information content (AvgIpc) is 3.25. The SMILES string of the molecule is CCCNc1ccc2c(=O)n(-c3ccc(CC(=O)CS(=O)(=O)c4ccc(Cl)s4)cc3Cl)ccc2c1. The average molecular weight is 550 g/mol. The summed E-state index contributed by atoms with van der Waals surface area (Å²) in [5.41, 5.74) is 1.77. The zero-order valence-electron chi connectivity index (χ0n) is 18.8. The maximum absolute atomic E-state index is 13.1. The number of pyridine rings is 1. The zero-order chi connectivity index (χ0) is 25.2. The Balaban J connectivity index is 1.54. The largest absolute Gasteiger partial charge is 0.385 e. The summed E-state index contributed by atoms with van der Waals surface area (Å²) in [4.78, 5) is 25.6. The minimum atomic E-state index is -3.75. The Morgan fingerprint density at radius 1 is 1.06 bits per heavy atom. The molecule has 182 valence electrons. The molecule has 0 fully saturated rings. The first-order valence-corrected chi connectivity index (χ1v) is 14.1. The maximum atomic E-state index is 13.1. The molecule has 0 saturated carbocycles. The molecule has 4 rings (SSSR count). The first kappa shape index (κ1) is 25.4. The van der Waals surface area contributed by atoms with Crippen LogP contribution in [0.15, 0.2) is 69.8 Å². The Morgan fingerprint density at radius 2 is 1.86 bits per heavy atom. The molecule has 2 heterocycles. The lowest BCUT2D eigenvalue weighted by atomic mass is 10.1. The van der Waals surface area contributed by atoms with Crippen molar-refractivity contribution >= 4 is 66.6 Å². The van der Waals surface area contributed by atoms with Gasteiger partial charge in [0.05, 0.1) is 15.0 Å². The molecule has 0 spiro atoms. The summed E-state index contributed by atoms with van der Waals surface area (Å²) in [5.74, 6) is -1.09. The van der Waals surface area contributed by atoms with Crippen LogP contribution in [0.2, 0.25) is 9.36 Å². The van der Waals surface area contributed by atoms with Crippen LogP contribution >= 0.6 is 34.5 Å². The van der Waals surface area contributed by atoms with Crippen molar-refractivity contribution in [2.45, 2.75) is 24.0 Å². The minimum Gasteiger partial charge on any atom is -0.385 e. The molecule has 0 bridgehead atoms. The zero-order valence-corrected chi connectivity index (χ0v) is 21.9. The van der Waals surface area contributed by atoms with Crippen molar-refractivity contribution in [3.05, 3.63) is 86.1 Å². The number of sulfone groups is 1. The first-order valence-electron chi connectivity index (χ1n) is 10.9. The van der Waals surface area contributed by atoms with Crippen molar-refractivity contribution in [2.75, 3.05) is 17.6 Å². The van der Waals surface area contributed by atoms with Gasteiger partial charge in [-0.3, -0.25) is 14.2 Å². The minimum absolute atomic E-state index is 0.0631. The predicted molar refractivity (Wildman–Crippen MR) is 143 cm³/mol. The number of nitrogens with one attached hydrogen (secondary N) is 1. The second-order valence-electron chi connectivity index (χ2n) is 8.04. The van der Waals surface area contributed by atoms with E-state index in [1.165, 1.54) is 16.7 Å². The normalized spacial score (nSPS) is 11.6. The summed E-state index contributed by atoms with van der Waals surface area (Å²) < 4.78 is 26.7. The molecule has 0 aliphatic rings. The molecule has 0 saturated heterocycles. The number of ketones is 1. The third-order valence-electron chi connectivity index (χ3n) is 5.36. The highest BCUT2D eigenvalue weighted by Crippen LogP contribution is 2.27. The molecule has 0 radical (unpaired) electrons. The summed E-state index contributed by atoms with van der Waals surface area (Å²) in [5, 5.41) is 4.97. The summed E-state index contributed by atoms with van der Waals surface area (Å²) in [7, 11) is -3.75. The van der Waals surface area contributed by atoms with E-state index in [0.29, 0.717) is 21.0 Å². The van der Waals surface area contributed by atoms with Gasteiger partial charge < -0.3 is 5.32 Å². The van der Waals surface area contributed by atoms with E-state index in [1.807, 2.05) is 18.2 Å². The fourth-order valence-corrected chi connectivity index (χ4v) is 6.80. The van der Waals surface area contributed by atoms with E-state index in [1.54, 1.807) is 30.5 Å². The Kier molecular flexibility index (Phi) is 7.66. The predicted octanol–water partition coefficient (Wildman–Crippen LogP) is 5.77. The number of benzene rings is 2. The maximum Gasteiger partial charge on any atom is 0.262 e. The lowest BCUT2D eigenvalue weighted by Gasteiger charge is -2.12. The van der Waals surface area contributed by atoms with Crippen LogP contribution in [-0.2, 0) is 21.1 Å². The Labute approximate surface area is 217 Å². The van der Waals surface area contributed by atoms with Crippen molar-refractivity contribution in [1.82, 2.24) is 4.57 Å². The smallest absolute Gasteiger partial charge is 0.262 e. The highest BCUT2D eigenvalue weighted by Gasteiger charge is 2.21. The van der Waals surface area contributed by atoms with Crippen LogP contribution in [0.25, 0.3) is 16.5 Å². The number of nitrogens with zero attached hydrogens (tertiary/aromatic N) is 1. The van der Waals surface area contributed by atoms with E-state index in [9.17, 15) is 18.0 Å². The van der Waals surface area contributed by atoms with Gasteiger partial charge in [0.15, 0.2) is 15.6 Å². The van der Waals surface area contributed by atoms with Gasteiger partial charge in [-0.2, -0.15) is 0 Å². The summed E-state index contributed by atoms with van der Waals surface area (Å²) >= 11 is 13.2. The molecule has 0 aliphatic carbocycles. The van der Waals surface area contributed by atoms with Gasteiger partial charge in [0.25, 0.3) is 5.56 Å². The van der Waals surface area contributed by atoms with E-state index < -0.39 is 21.4 Å². The number of halogens is 2. The van der Waals surface area contributed by atoms with Crippen molar-refractivity contribution in [3.8, 4) is 5.69 Å². The third kappa shape index (κ3) is 5.78. The van der Waals surface area contributed by atoms with Gasteiger partial charge in [-0.15, -0.1) is 11.3 Å². The monoisotopic (exact) mass is 548 g/mol. The molecule has 2 aromatic heterocycles. The molecule has 0 atom stereocenters. The van der Waals surface area contributed by atoms with E-state index in [2.05, 4.69) is 12.2 Å². The molecule has 0 amide bonds. The van der Waals surface area contributed by atoms with E-state index >= 15 is 0 Å². The number of hydrogen-bond acceptors (Lipinski definition) is 6. The number of carbonyl (C=O) groups excluding carboxylic acids is 1. The summed E-state index contributed by atoms with van der Waals surface area (Å²) in [6.45, 7) is 2.93. The van der Waals surface area contributed by atoms with Gasteiger partial charge in [0.1, 0.15) is 9.96 Å². The first-order chi connectivity index (χ1) is 16.7. The number of hydrogen-bond donors (Lipinski definition) is 1. The van der Waals surface area contributed by atoms with Gasteiger partial charge >= 0.3 is 0 Å². The molecule has 0 unspecified atom stereocenters. The van der Waals surface area contributed by atoms with E-state index in [-0.39, 0.29) is 21.2 Å². The topological polar surface area (TPSA) is 85.2 Å². The number of anilines is 1. The molecular formula is C25H22Cl2N2O4S2. The molecule has 2 aromatic carbocycles. The fraction of sp³-hybridized carbons (Fsp3) is 0.200. The van der Waals surface area contributed by atoms with Crippen LogP contribution in [0.1, 0.15) is 18.9 Å². The number of fused-ring (bicyclic) bond motifs is 1. The molecule has 10 heteroatoms. The van der Waals surface area contributed by atoms with Crippen LogP contribution < -0.4 is 10.9 Å².